The van der Waals surface area contributed by atoms with Crippen molar-refractivity contribution < 1.29 is 19.1 Å². The maximum Gasteiger partial charge on any atom is 0.354 e. The van der Waals surface area contributed by atoms with Crippen molar-refractivity contribution in [2.75, 3.05) is 13.2 Å². The molecule has 0 atom stereocenters. The molecule has 118 valence electrons. The first kappa shape index (κ1) is 16.1. The SMILES string of the molecule is CCOC(=O)CCCc1cccc2cc(C(=O)OCC)[nH]c12. The maximum absolute atomic E-state index is 11.8. The van der Waals surface area contributed by atoms with E-state index in [2.05, 4.69) is 4.98 Å². The summed E-state index contributed by atoms with van der Waals surface area (Å²) in [7, 11) is 0. The van der Waals surface area contributed by atoms with Gasteiger partial charge in [0.25, 0.3) is 0 Å². The van der Waals surface area contributed by atoms with E-state index >= 15 is 0 Å². The lowest BCUT2D eigenvalue weighted by atomic mass is 10.1. The van der Waals surface area contributed by atoms with Gasteiger partial charge in [-0.2, -0.15) is 0 Å². The van der Waals surface area contributed by atoms with E-state index in [0.29, 0.717) is 31.7 Å². The van der Waals surface area contributed by atoms with Gasteiger partial charge in [-0.3, -0.25) is 4.79 Å². The third-order valence-corrected chi connectivity index (χ3v) is 3.37. The quantitative estimate of drug-likeness (QED) is 0.797. The summed E-state index contributed by atoms with van der Waals surface area (Å²) in [6.45, 7) is 4.34. The predicted molar refractivity (Wildman–Crippen MR) is 83.8 cm³/mol. The molecule has 1 aromatic carbocycles. The van der Waals surface area contributed by atoms with Crippen molar-refractivity contribution in [3.63, 3.8) is 0 Å². The Morgan fingerprint density at radius 2 is 1.91 bits per heavy atom. The standard InChI is InChI=1S/C17H21NO4/c1-3-21-15(19)10-6-8-12-7-5-9-13-11-14(18-16(12)13)17(20)22-4-2/h5,7,9,11,18H,3-4,6,8,10H2,1-2H3. The molecule has 0 aliphatic heterocycles. The summed E-state index contributed by atoms with van der Waals surface area (Å²) >= 11 is 0. The summed E-state index contributed by atoms with van der Waals surface area (Å²) in [5, 5.41) is 0.969. The van der Waals surface area contributed by atoms with Gasteiger partial charge in [0.2, 0.25) is 0 Å². The highest BCUT2D eigenvalue weighted by molar-refractivity contribution is 5.95. The monoisotopic (exact) mass is 303 g/mol. The number of hydrogen-bond donors (Lipinski definition) is 1. The maximum atomic E-state index is 11.8. The van der Waals surface area contributed by atoms with Gasteiger partial charge in [0.1, 0.15) is 5.69 Å². The highest BCUT2D eigenvalue weighted by Crippen LogP contribution is 2.21. The fourth-order valence-electron chi connectivity index (χ4n) is 2.40. The average Bonchev–Trinajstić information content (AvgIpc) is 2.93. The van der Waals surface area contributed by atoms with Crippen LogP contribution >= 0.6 is 0 Å². The van der Waals surface area contributed by atoms with E-state index in [1.165, 1.54) is 0 Å². The molecule has 0 fully saturated rings. The Hall–Kier alpha value is -2.30. The molecule has 0 aliphatic rings. The van der Waals surface area contributed by atoms with Gasteiger partial charge in [0.15, 0.2) is 0 Å². The fraction of sp³-hybridized carbons (Fsp3) is 0.412. The number of para-hydroxylation sites is 1. The number of carbonyl (C=O) groups is 2. The van der Waals surface area contributed by atoms with E-state index in [0.717, 1.165) is 22.9 Å². The second kappa shape index (κ2) is 7.64. The first-order valence-electron chi connectivity index (χ1n) is 7.59. The van der Waals surface area contributed by atoms with E-state index in [1.54, 1.807) is 19.9 Å². The van der Waals surface area contributed by atoms with Crippen LogP contribution in [0.3, 0.4) is 0 Å². The Bertz CT molecular complexity index is 660. The Kier molecular flexibility index (Phi) is 5.58. The highest BCUT2D eigenvalue weighted by atomic mass is 16.5. The topological polar surface area (TPSA) is 68.4 Å². The third-order valence-electron chi connectivity index (χ3n) is 3.37. The van der Waals surface area contributed by atoms with Crippen molar-refractivity contribution in [3.8, 4) is 0 Å². The van der Waals surface area contributed by atoms with E-state index in [4.69, 9.17) is 9.47 Å². The number of nitrogens with one attached hydrogen (secondary N) is 1. The Balaban J connectivity index is 2.10. The number of esters is 2. The molecule has 0 spiro atoms. The Morgan fingerprint density at radius 1 is 1.14 bits per heavy atom. The number of hydrogen-bond acceptors (Lipinski definition) is 4. The third kappa shape index (κ3) is 3.87. The molecular weight excluding hydrogens is 282 g/mol. The normalized spacial score (nSPS) is 10.6. The van der Waals surface area contributed by atoms with Crippen molar-refractivity contribution in [1.29, 1.82) is 0 Å². The van der Waals surface area contributed by atoms with E-state index < -0.39 is 0 Å². The number of fused-ring (bicyclic) bond motifs is 1. The van der Waals surface area contributed by atoms with Crippen LogP contribution in [0, 0.1) is 0 Å². The molecule has 1 N–H and O–H groups in total. The van der Waals surface area contributed by atoms with E-state index in [-0.39, 0.29) is 11.9 Å². The Labute approximate surface area is 129 Å². The first-order chi connectivity index (χ1) is 10.7. The summed E-state index contributed by atoms with van der Waals surface area (Å²) in [5.41, 5.74) is 2.46. The second-order valence-corrected chi connectivity index (χ2v) is 4.94. The smallest absolute Gasteiger partial charge is 0.354 e. The summed E-state index contributed by atoms with van der Waals surface area (Å²) in [4.78, 5) is 26.3. The second-order valence-electron chi connectivity index (χ2n) is 4.94. The molecule has 2 rings (SSSR count). The van der Waals surface area contributed by atoms with Gasteiger partial charge in [0, 0.05) is 17.3 Å². The van der Waals surface area contributed by atoms with Gasteiger partial charge in [-0.05, 0) is 38.3 Å². The molecule has 22 heavy (non-hydrogen) atoms. The van der Waals surface area contributed by atoms with Gasteiger partial charge < -0.3 is 14.5 Å². The molecule has 0 aliphatic carbocycles. The van der Waals surface area contributed by atoms with Crippen LogP contribution in [0.4, 0.5) is 0 Å². The lowest BCUT2D eigenvalue weighted by Crippen LogP contribution is -2.05. The van der Waals surface area contributed by atoms with Crippen LogP contribution in [-0.2, 0) is 20.7 Å². The highest BCUT2D eigenvalue weighted by Gasteiger charge is 2.12. The lowest BCUT2D eigenvalue weighted by molar-refractivity contribution is -0.143. The van der Waals surface area contributed by atoms with Crippen molar-refractivity contribution >= 4 is 22.8 Å². The van der Waals surface area contributed by atoms with Crippen LogP contribution in [0.5, 0.6) is 0 Å². The molecule has 0 radical (unpaired) electrons. The van der Waals surface area contributed by atoms with Gasteiger partial charge in [-0.1, -0.05) is 18.2 Å². The summed E-state index contributed by atoms with van der Waals surface area (Å²) in [6.07, 6.45) is 1.86. The van der Waals surface area contributed by atoms with Crippen LogP contribution in [0.1, 0.15) is 42.7 Å². The van der Waals surface area contributed by atoms with Crippen molar-refractivity contribution in [3.05, 3.63) is 35.5 Å². The van der Waals surface area contributed by atoms with Crippen LogP contribution in [0.15, 0.2) is 24.3 Å². The van der Waals surface area contributed by atoms with E-state index in [1.807, 2.05) is 18.2 Å². The largest absolute Gasteiger partial charge is 0.466 e. The molecular formula is C17H21NO4. The number of aromatic amines is 1. The molecule has 0 saturated carbocycles. The Morgan fingerprint density at radius 3 is 2.64 bits per heavy atom. The summed E-state index contributed by atoms with van der Waals surface area (Å²) < 4.78 is 9.93. The first-order valence-corrected chi connectivity index (χ1v) is 7.59. The molecule has 0 bridgehead atoms. The number of aromatic nitrogens is 1. The molecule has 1 heterocycles. The molecule has 5 nitrogen and oxygen atoms in total. The molecule has 2 aromatic rings. The van der Waals surface area contributed by atoms with Crippen LogP contribution in [-0.4, -0.2) is 30.1 Å². The van der Waals surface area contributed by atoms with Crippen LogP contribution < -0.4 is 0 Å². The van der Waals surface area contributed by atoms with Gasteiger partial charge >= 0.3 is 11.9 Å². The van der Waals surface area contributed by atoms with E-state index in [9.17, 15) is 9.59 Å². The summed E-state index contributed by atoms with van der Waals surface area (Å²) in [5.74, 6) is -0.524. The molecule has 0 amide bonds. The van der Waals surface area contributed by atoms with Crippen molar-refractivity contribution in [2.24, 2.45) is 0 Å². The molecule has 1 aromatic heterocycles. The number of benzene rings is 1. The number of ether oxygens (including phenoxy) is 2. The van der Waals surface area contributed by atoms with Crippen LogP contribution in [0.2, 0.25) is 0 Å². The average molecular weight is 303 g/mol. The minimum absolute atomic E-state index is 0.173. The van der Waals surface area contributed by atoms with Gasteiger partial charge in [-0.15, -0.1) is 0 Å². The zero-order chi connectivity index (χ0) is 15.9. The number of carbonyl (C=O) groups excluding carboxylic acids is 2. The van der Waals surface area contributed by atoms with Gasteiger partial charge in [-0.25, -0.2) is 4.79 Å². The molecule has 0 saturated heterocycles. The zero-order valence-corrected chi connectivity index (χ0v) is 13.0. The fourth-order valence-corrected chi connectivity index (χ4v) is 2.40. The zero-order valence-electron chi connectivity index (χ0n) is 13.0. The minimum atomic E-state index is -0.351. The van der Waals surface area contributed by atoms with Crippen molar-refractivity contribution in [2.45, 2.75) is 33.1 Å². The predicted octanol–water partition coefficient (Wildman–Crippen LogP) is 3.23. The molecule has 0 unspecified atom stereocenters. The summed E-state index contributed by atoms with van der Waals surface area (Å²) in [6, 6.07) is 7.69. The minimum Gasteiger partial charge on any atom is -0.466 e. The van der Waals surface area contributed by atoms with Crippen LogP contribution in [0.25, 0.3) is 10.9 Å². The number of rotatable bonds is 7. The number of aryl methyl sites for hydroxylation is 1. The number of H-pyrrole nitrogens is 1. The van der Waals surface area contributed by atoms with Crippen molar-refractivity contribution in [1.82, 2.24) is 4.98 Å². The molecule has 5 heteroatoms. The van der Waals surface area contributed by atoms with Gasteiger partial charge in [0.05, 0.1) is 13.2 Å². The lowest BCUT2D eigenvalue weighted by Gasteiger charge is -2.04.